The van der Waals surface area contributed by atoms with E-state index in [9.17, 15) is 0 Å². The summed E-state index contributed by atoms with van der Waals surface area (Å²) in [5.74, 6) is 2.42. The van der Waals surface area contributed by atoms with Crippen molar-refractivity contribution in [1.82, 2.24) is 15.5 Å². The van der Waals surface area contributed by atoms with Crippen molar-refractivity contribution in [3.05, 3.63) is 11.7 Å². The van der Waals surface area contributed by atoms with Gasteiger partial charge in [-0.15, -0.1) is 0 Å². The predicted molar refractivity (Wildman–Crippen MR) is 74.6 cm³/mol. The molecule has 1 atom stereocenters. The molecule has 0 amide bonds. The van der Waals surface area contributed by atoms with E-state index in [1.54, 1.807) is 0 Å². The Bertz CT molecular complexity index is 350. The summed E-state index contributed by atoms with van der Waals surface area (Å²) in [7, 11) is 0. The molecule has 1 aromatic heterocycles. The fraction of sp³-hybridized carbons (Fsp3) is 0.846. The van der Waals surface area contributed by atoms with E-state index in [0.717, 1.165) is 23.4 Å². The van der Waals surface area contributed by atoms with Crippen molar-refractivity contribution in [3.63, 3.8) is 0 Å². The number of nitrogens with one attached hydrogen (secondary N) is 1. The summed E-state index contributed by atoms with van der Waals surface area (Å²) < 4.78 is 5.28. The van der Waals surface area contributed by atoms with Crippen LogP contribution in [0.2, 0.25) is 0 Å². The van der Waals surface area contributed by atoms with Crippen molar-refractivity contribution in [3.8, 4) is 0 Å². The van der Waals surface area contributed by atoms with E-state index in [2.05, 4.69) is 29.3 Å². The van der Waals surface area contributed by atoms with Crippen molar-refractivity contribution in [1.29, 1.82) is 0 Å². The summed E-state index contributed by atoms with van der Waals surface area (Å²) in [5, 5.41) is 8.13. The zero-order valence-electron chi connectivity index (χ0n) is 11.3. The highest BCUT2D eigenvalue weighted by Crippen LogP contribution is 2.29. The summed E-state index contributed by atoms with van der Waals surface area (Å²) in [4.78, 5) is 4.45. The van der Waals surface area contributed by atoms with Gasteiger partial charge in [0.15, 0.2) is 5.82 Å². The minimum atomic E-state index is 0.149. The van der Waals surface area contributed by atoms with Crippen molar-refractivity contribution in [2.75, 3.05) is 6.54 Å². The third kappa shape index (κ3) is 3.99. The maximum atomic E-state index is 5.28. The van der Waals surface area contributed by atoms with Crippen LogP contribution in [0.3, 0.4) is 0 Å². The first-order chi connectivity index (χ1) is 8.79. The summed E-state index contributed by atoms with van der Waals surface area (Å²) in [6.07, 6.45) is 6.87. The molecule has 1 aliphatic carbocycles. The molecule has 5 heteroatoms. The van der Waals surface area contributed by atoms with Crippen molar-refractivity contribution in [2.24, 2.45) is 0 Å². The first-order valence-electron chi connectivity index (χ1n) is 6.97. The van der Waals surface area contributed by atoms with Crippen LogP contribution in [0.15, 0.2) is 4.52 Å². The van der Waals surface area contributed by atoms with Gasteiger partial charge >= 0.3 is 0 Å². The van der Waals surface area contributed by atoms with Crippen LogP contribution in [0.5, 0.6) is 0 Å². The lowest BCUT2D eigenvalue weighted by atomic mass is 10.0. The SMILES string of the molecule is CCNC(C)c1nc(CSC2CCCCC2)no1. The Labute approximate surface area is 113 Å². The largest absolute Gasteiger partial charge is 0.338 e. The number of nitrogens with zero attached hydrogens (tertiary/aromatic N) is 2. The van der Waals surface area contributed by atoms with Gasteiger partial charge in [-0.25, -0.2) is 0 Å². The molecule has 0 bridgehead atoms. The monoisotopic (exact) mass is 269 g/mol. The van der Waals surface area contributed by atoms with Gasteiger partial charge in [0.2, 0.25) is 5.89 Å². The second-order valence-corrected chi connectivity index (χ2v) is 6.19. The number of hydrogen-bond donors (Lipinski definition) is 1. The molecule has 1 heterocycles. The van der Waals surface area contributed by atoms with E-state index in [1.165, 1.54) is 32.1 Å². The highest BCUT2D eigenvalue weighted by molar-refractivity contribution is 7.99. The van der Waals surface area contributed by atoms with Gasteiger partial charge in [-0.1, -0.05) is 31.3 Å². The Morgan fingerprint density at radius 1 is 1.39 bits per heavy atom. The quantitative estimate of drug-likeness (QED) is 0.858. The predicted octanol–water partition coefficient (Wildman–Crippen LogP) is 3.31. The second kappa shape index (κ2) is 7.14. The molecular weight excluding hydrogens is 246 g/mol. The summed E-state index contributed by atoms with van der Waals surface area (Å²) in [6, 6.07) is 0.149. The smallest absolute Gasteiger partial charge is 0.243 e. The van der Waals surface area contributed by atoms with Crippen LogP contribution in [0.4, 0.5) is 0 Å². The van der Waals surface area contributed by atoms with Crippen molar-refractivity contribution >= 4 is 11.8 Å². The molecule has 0 aliphatic heterocycles. The highest BCUT2D eigenvalue weighted by atomic mass is 32.2. The van der Waals surface area contributed by atoms with Gasteiger partial charge in [0, 0.05) is 5.25 Å². The van der Waals surface area contributed by atoms with E-state index < -0.39 is 0 Å². The van der Waals surface area contributed by atoms with E-state index >= 15 is 0 Å². The molecule has 4 nitrogen and oxygen atoms in total. The lowest BCUT2D eigenvalue weighted by Crippen LogP contribution is -2.17. The Hall–Kier alpha value is -0.550. The maximum Gasteiger partial charge on any atom is 0.243 e. The first-order valence-corrected chi connectivity index (χ1v) is 8.02. The molecule has 2 rings (SSSR count). The van der Waals surface area contributed by atoms with Crippen molar-refractivity contribution in [2.45, 2.75) is 63.0 Å². The summed E-state index contributed by atoms with van der Waals surface area (Å²) >= 11 is 1.98. The van der Waals surface area contributed by atoms with Crippen LogP contribution in [-0.4, -0.2) is 21.9 Å². The molecular formula is C13H23N3OS. The lowest BCUT2D eigenvalue weighted by molar-refractivity contribution is 0.339. The van der Waals surface area contributed by atoms with Crippen molar-refractivity contribution < 1.29 is 4.52 Å². The zero-order chi connectivity index (χ0) is 12.8. The fourth-order valence-corrected chi connectivity index (χ4v) is 3.49. The van der Waals surface area contributed by atoms with Gasteiger partial charge in [0.25, 0.3) is 0 Å². The van der Waals surface area contributed by atoms with Crippen LogP contribution in [0, 0.1) is 0 Å². The average molecular weight is 269 g/mol. The van der Waals surface area contributed by atoms with Gasteiger partial charge < -0.3 is 9.84 Å². The molecule has 102 valence electrons. The molecule has 0 radical (unpaired) electrons. The van der Waals surface area contributed by atoms with Gasteiger partial charge in [0.1, 0.15) is 0 Å². The van der Waals surface area contributed by atoms with Gasteiger partial charge in [-0.2, -0.15) is 16.7 Å². The molecule has 1 aromatic rings. The van der Waals surface area contributed by atoms with Crippen LogP contribution < -0.4 is 5.32 Å². The number of thioether (sulfide) groups is 1. The molecule has 1 fully saturated rings. The van der Waals surface area contributed by atoms with E-state index in [1.807, 2.05) is 11.8 Å². The van der Waals surface area contributed by atoms with Gasteiger partial charge in [0.05, 0.1) is 11.8 Å². The van der Waals surface area contributed by atoms with Crippen LogP contribution >= 0.6 is 11.8 Å². The third-order valence-corrected chi connectivity index (χ3v) is 4.73. The van der Waals surface area contributed by atoms with E-state index in [-0.39, 0.29) is 6.04 Å². The van der Waals surface area contributed by atoms with Crippen LogP contribution in [0.1, 0.15) is 63.7 Å². The minimum absolute atomic E-state index is 0.149. The maximum absolute atomic E-state index is 5.28. The highest BCUT2D eigenvalue weighted by Gasteiger charge is 2.17. The topological polar surface area (TPSA) is 51.0 Å². The Kier molecular flexibility index (Phi) is 5.50. The molecule has 1 N–H and O–H groups in total. The van der Waals surface area contributed by atoms with E-state index in [4.69, 9.17) is 4.52 Å². The Morgan fingerprint density at radius 2 is 2.17 bits per heavy atom. The normalized spacial score (nSPS) is 19.0. The summed E-state index contributed by atoms with van der Waals surface area (Å²) in [5.41, 5.74) is 0. The second-order valence-electron chi connectivity index (χ2n) is 4.90. The Balaban J connectivity index is 1.79. The molecule has 0 spiro atoms. The minimum Gasteiger partial charge on any atom is -0.338 e. The molecule has 1 saturated carbocycles. The van der Waals surface area contributed by atoms with Gasteiger partial charge in [-0.05, 0) is 26.3 Å². The fourth-order valence-electron chi connectivity index (χ4n) is 2.32. The molecule has 1 aliphatic rings. The molecule has 1 unspecified atom stereocenters. The average Bonchev–Trinajstić information content (AvgIpc) is 2.87. The third-order valence-electron chi connectivity index (χ3n) is 3.36. The van der Waals surface area contributed by atoms with Crippen LogP contribution in [-0.2, 0) is 5.75 Å². The molecule has 0 saturated heterocycles. The first kappa shape index (κ1) is 13.9. The standard InChI is InChI=1S/C13H23N3OS/c1-3-14-10(2)13-15-12(16-17-13)9-18-11-7-5-4-6-8-11/h10-11,14H,3-9H2,1-2H3. The van der Waals surface area contributed by atoms with Crippen LogP contribution in [0.25, 0.3) is 0 Å². The Morgan fingerprint density at radius 3 is 2.89 bits per heavy atom. The lowest BCUT2D eigenvalue weighted by Gasteiger charge is -2.19. The molecule has 0 aromatic carbocycles. The number of rotatable bonds is 6. The zero-order valence-corrected chi connectivity index (χ0v) is 12.1. The van der Waals surface area contributed by atoms with E-state index in [0.29, 0.717) is 5.89 Å². The number of hydrogen-bond acceptors (Lipinski definition) is 5. The number of aromatic nitrogens is 2. The molecule has 18 heavy (non-hydrogen) atoms. The summed E-state index contributed by atoms with van der Waals surface area (Å²) in [6.45, 7) is 5.04. The van der Waals surface area contributed by atoms with Gasteiger partial charge in [-0.3, -0.25) is 0 Å².